The molecule has 3 heterocycles. The molecule has 2 amide bonds. The number of carbonyl (C=O) groups is 2. The molecule has 0 aliphatic carbocycles. The van der Waals surface area contributed by atoms with Gasteiger partial charge in [-0.3, -0.25) is 14.5 Å². The lowest BCUT2D eigenvalue weighted by atomic mass is 10.0. The van der Waals surface area contributed by atoms with Crippen LogP contribution in [0.4, 0.5) is 4.39 Å². The van der Waals surface area contributed by atoms with Crippen LogP contribution in [0.2, 0.25) is 0 Å². The molecule has 0 spiro atoms. The molecule has 0 radical (unpaired) electrons. The van der Waals surface area contributed by atoms with E-state index >= 15 is 0 Å². The van der Waals surface area contributed by atoms with Crippen molar-refractivity contribution in [3.05, 3.63) is 58.0 Å². The zero-order valence-electron chi connectivity index (χ0n) is 16.8. The molecule has 0 saturated carbocycles. The molecule has 8 heteroatoms. The molecule has 0 unspecified atom stereocenters. The van der Waals surface area contributed by atoms with E-state index in [0.29, 0.717) is 26.1 Å². The van der Waals surface area contributed by atoms with Crippen LogP contribution in [0.15, 0.2) is 41.8 Å². The molecule has 1 aromatic carbocycles. The molecule has 1 aromatic heterocycles. The number of nitrogens with zero attached hydrogens (tertiary/aromatic N) is 1. The van der Waals surface area contributed by atoms with Crippen molar-refractivity contribution >= 4 is 23.2 Å². The minimum Gasteiger partial charge on any atom is -0.353 e. The Morgan fingerprint density at radius 1 is 1.23 bits per heavy atom. The van der Waals surface area contributed by atoms with Gasteiger partial charge in [-0.1, -0.05) is 18.2 Å². The largest absolute Gasteiger partial charge is 0.353 e. The van der Waals surface area contributed by atoms with Crippen LogP contribution < -0.4 is 16.0 Å². The number of amides is 2. The summed E-state index contributed by atoms with van der Waals surface area (Å²) < 4.78 is 13.1. The summed E-state index contributed by atoms with van der Waals surface area (Å²) in [5.74, 6) is -0.128. The van der Waals surface area contributed by atoms with Crippen molar-refractivity contribution in [2.24, 2.45) is 0 Å². The van der Waals surface area contributed by atoms with Gasteiger partial charge < -0.3 is 16.0 Å². The number of rotatable bonds is 8. The zero-order valence-corrected chi connectivity index (χ0v) is 17.6. The Morgan fingerprint density at radius 3 is 2.83 bits per heavy atom. The first-order valence-corrected chi connectivity index (χ1v) is 11.3. The number of hydrogen-bond acceptors (Lipinski definition) is 5. The lowest BCUT2D eigenvalue weighted by Crippen LogP contribution is -2.58. The van der Waals surface area contributed by atoms with Crippen LogP contribution in [0.3, 0.4) is 0 Å². The summed E-state index contributed by atoms with van der Waals surface area (Å²) in [4.78, 5) is 28.0. The second-order valence-electron chi connectivity index (χ2n) is 7.95. The standard InChI is InChI=1S/C22H27FN4O2S/c23-16-5-3-15(4-6-16)11-24-17-10-20-22(29)26-12-18(27(20)14-17)7-8-21(28)25-13-19-2-1-9-30-19/h1-6,9,17-18,20,24H,7-8,10-14H2,(H,25,28)(H,26,29)/t17-,18+,20-/m0/s1. The molecule has 6 nitrogen and oxygen atoms in total. The average molecular weight is 431 g/mol. The predicted octanol–water partition coefficient (Wildman–Crippen LogP) is 2.01. The van der Waals surface area contributed by atoms with E-state index in [4.69, 9.17) is 0 Å². The molecule has 2 fully saturated rings. The summed E-state index contributed by atoms with van der Waals surface area (Å²) >= 11 is 1.63. The molecule has 3 N–H and O–H groups in total. The van der Waals surface area contributed by atoms with Crippen molar-refractivity contribution in [1.29, 1.82) is 0 Å². The third-order valence-corrected chi connectivity index (χ3v) is 6.75. The third kappa shape index (κ3) is 5.24. The second kappa shape index (κ2) is 9.68. The maximum Gasteiger partial charge on any atom is 0.237 e. The van der Waals surface area contributed by atoms with Gasteiger partial charge in [-0.05, 0) is 42.0 Å². The number of piperazine rings is 1. The number of hydrogen-bond donors (Lipinski definition) is 3. The Hall–Kier alpha value is -2.29. The minimum absolute atomic E-state index is 0.0435. The van der Waals surface area contributed by atoms with Crippen LogP contribution in [-0.4, -0.2) is 47.9 Å². The summed E-state index contributed by atoms with van der Waals surface area (Å²) in [6, 6.07) is 10.7. The molecule has 3 atom stereocenters. The van der Waals surface area contributed by atoms with Crippen molar-refractivity contribution in [1.82, 2.24) is 20.9 Å². The molecule has 2 aliphatic rings. The van der Waals surface area contributed by atoms with Gasteiger partial charge in [-0.25, -0.2) is 4.39 Å². The normalized spacial score (nSPS) is 23.8. The van der Waals surface area contributed by atoms with Crippen LogP contribution in [0.25, 0.3) is 0 Å². The fraction of sp³-hybridized carbons (Fsp3) is 0.455. The van der Waals surface area contributed by atoms with Gasteiger partial charge in [-0.2, -0.15) is 0 Å². The lowest BCUT2D eigenvalue weighted by molar-refractivity contribution is -0.129. The smallest absolute Gasteiger partial charge is 0.237 e. The lowest BCUT2D eigenvalue weighted by Gasteiger charge is -2.37. The Bertz CT molecular complexity index is 859. The van der Waals surface area contributed by atoms with Gasteiger partial charge in [0.05, 0.1) is 12.6 Å². The Kier molecular flexibility index (Phi) is 6.76. The highest BCUT2D eigenvalue weighted by Gasteiger charge is 2.43. The van der Waals surface area contributed by atoms with Crippen molar-refractivity contribution in [2.75, 3.05) is 13.1 Å². The van der Waals surface area contributed by atoms with E-state index in [9.17, 15) is 14.0 Å². The molecular formula is C22H27FN4O2S. The molecule has 2 saturated heterocycles. The van der Waals surface area contributed by atoms with E-state index in [2.05, 4.69) is 20.9 Å². The number of halogens is 1. The van der Waals surface area contributed by atoms with E-state index in [1.165, 1.54) is 12.1 Å². The van der Waals surface area contributed by atoms with Gasteiger partial charge in [0, 0.05) is 43.0 Å². The summed E-state index contributed by atoms with van der Waals surface area (Å²) in [6.07, 6.45) is 1.91. The zero-order chi connectivity index (χ0) is 20.9. The molecule has 4 rings (SSSR count). The first-order chi connectivity index (χ1) is 14.6. The number of thiophene rings is 1. The first kappa shape index (κ1) is 21.0. The van der Waals surface area contributed by atoms with Gasteiger partial charge in [-0.15, -0.1) is 11.3 Å². The van der Waals surface area contributed by atoms with Gasteiger partial charge in [0.2, 0.25) is 11.8 Å². The summed E-state index contributed by atoms with van der Waals surface area (Å²) in [5.41, 5.74) is 1.02. The SMILES string of the molecule is O=C(CC[C@@H]1CNC(=O)[C@@H]2C[C@H](NCc3ccc(F)cc3)CN12)NCc1cccs1. The van der Waals surface area contributed by atoms with Crippen LogP contribution >= 0.6 is 11.3 Å². The first-order valence-electron chi connectivity index (χ1n) is 10.4. The highest BCUT2D eigenvalue weighted by atomic mass is 32.1. The fourth-order valence-electron chi connectivity index (χ4n) is 4.24. The van der Waals surface area contributed by atoms with E-state index in [1.54, 1.807) is 23.5 Å². The van der Waals surface area contributed by atoms with E-state index in [-0.39, 0.29) is 35.8 Å². The molecule has 0 bridgehead atoms. The summed E-state index contributed by atoms with van der Waals surface area (Å²) in [6.45, 7) is 2.57. The van der Waals surface area contributed by atoms with Crippen molar-refractivity contribution < 1.29 is 14.0 Å². The fourth-order valence-corrected chi connectivity index (χ4v) is 4.89. The van der Waals surface area contributed by atoms with Crippen molar-refractivity contribution in [3.63, 3.8) is 0 Å². The van der Waals surface area contributed by atoms with E-state index in [1.807, 2.05) is 17.5 Å². The van der Waals surface area contributed by atoms with Crippen molar-refractivity contribution in [3.8, 4) is 0 Å². The predicted molar refractivity (Wildman–Crippen MR) is 114 cm³/mol. The van der Waals surface area contributed by atoms with Gasteiger partial charge >= 0.3 is 0 Å². The number of benzene rings is 1. The molecule has 2 aromatic rings. The Balaban J connectivity index is 1.26. The monoisotopic (exact) mass is 430 g/mol. The van der Waals surface area contributed by atoms with Gasteiger partial charge in [0.25, 0.3) is 0 Å². The van der Waals surface area contributed by atoms with Crippen molar-refractivity contribution in [2.45, 2.75) is 50.5 Å². The summed E-state index contributed by atoms with van der Waals surface area (Å²) in [7, 11) is 0. The average Bonchev–Trinajstić information content (AvgIpc) is 3.42. The third-order valence-electron chi connectivity index (χ3n) is 5.88. The molecule has 160 valence electrons. The number of fused-ring (bicyclic) bond motifs is 1. The minimum atomic E-state index is -0.240. The van der Waals surface area contributed by atoms with Crippen LogP contribution in [0.1, 0.15) is 29.7 Å². The highest BCUT2D eigenvalue weighted by Crippen LogP contribution is 2.26. The van der Waals surface area contributed by atoms with Gasteiger partial charge in [0.15, 0.2) is 0 Å². The highest BCUT2D eigenvalue weighted by molar-refractivity contribution is 7.09. The van der Waals surface area contributed by atoms with E-state index in [0.717, 1.165) is 29.8 Å². The maximum atomic E-state index is 13.1. The van der Waals surface area contributed by atoms with Crippen LogP contribution in [0, 0.1) is 5.82 Å². The second-order valence-corrected chi connectivity index (χ2v) is 8.98. The van der Waals surface area contributed by atoms with Crippen LogP contribution in [0.5, 0.6) is 0 Å². The maximum absolute atomic E-state index is 13.1. The topological polar surface area (TPSA) is 73.5 Å². The Labute approximate surface area is 179 Å². The quantitative estimate of drug-likeness (QED) is 0.599. The summed E-state index contributed by atoms with van der Waals surface area (Å²) in [5, 5.41) is 11.5. The molecule has 30 heavy (non-hydrogen) atoms. The number of carbonyl (C=O) groups excluding carboxylic acids is 2. The Morgan fingerprint density at radius 2 is 2.07 bits per heavy atom. The number of nitrogens with one attached hydrogen (secondary N) is 3. The molecular weight excluding hydrogens is 403 g/mol. The van der Waals surface area contributed by atoms with Gasteiger partial charge in [0.1, 0.15) is 5.82 Å². The molecule has 2 aliphatic heterocycles. The van der Waals surface area contributed by atoms with E-state index < -0.39 is 0 Å². The van der Waals surface area contributed by atoms with Crippen LogP contribution in [-0.2, 0) is 22.7 Å².